The molecule has 0 radical (unpaired) electrons. The molecule has 2 fully saturated rings. The van der Waals surface area contributed by atoms with Gasteiger partial charge in [-0.15, -0.1) is 0 Å². The number of nitrogens with one attached hydrogen (secondary N) is 2. The van der Waals surface area contributed by atoms with Crippen molar-refractivity contribution >= 4 is 29.1 Å². The number of rotatable bonds is 8. The molecular weight excluding hydrogens is 542 g/mol. The number of carbonyl (C=O) groups excluding carboxylic acids is 3. The van der Waals surface area contributed by atoms with Crippen molar-refractivity contribution in [3.63, 3.8) is 0 Å². The van der Waals surface area contributed by atoms with Gasteiger partial charge in [0.1, 0.15) is 5.75 Å². The molecule has 3 aromatic rings. The summed E-state index contributed by atoms with van der Waals surface area (Å²) in [5, 5.41) is 6.21. The summed E-state index contributed by atoms with van der Waals surface area (Å²) in [5.74, 6) is 0.405. The van der Waals surface area contributed by atoms with Gasteiger partial charge in [-0.25, -0.2) is 0 Å². The van der Waals surface area contributed by atoms with E-state index in [9.17, 15) is 14.4 Å². The third-order valence-electron chi connectivity index (χ3n) is 8.34. The maximum atomic E-state index is 13.2. The molecule has 1 saturated heterocycles. The second-order valence-electron chi connectivity index (χ2n) is 11.5. The fourth-order valence-corrected chi connectivity index (χ4v) is 5.82. The van der Waals surface area contributed by atoms with E-state index >= 15 is 0 Å². The zero-order valence-electron chi connectivity index (χ0n) is 25.0. The van der Waals surface area contributed by atoms with Crippen LogP contribution in [0.15, 0.2) is 66.7 Å². The van der Waals surface area contributed by atoms with Crippen LogP contribution in [0, 0.1) is 6.92 Å². The lowest BCUT2D eigenvalue weighted by Crippen LogP contribution is -2.49. The van der Waals surface area contributed by atoms with Crippen molar-refractivity contribution in [1.29, 1.82) is 0 Å². The molecule has 1 heterocycles. The highest BCUT2D eigenvalue weighted by atomic mass is 16.5. The van der Waals surface area contributed by atoms with Gasteiger partial charge in [-0.3, -0.25) is 14.4 Å². The number of hydrogen-bond donors (Lipinski definition) is 3. The molecule has 1 aliphatic carbocycles. The summed E-state index contributed by atoms with van der Waals surface area (Å²) in [7, 11) is 1.61. The number of carbonyl (C=O) groups is 3. The van der Waals surface area contributed by atoms with Gasteiger partial charge in [0, 0.05) is 49.4 Å². The normalized spacial score (nSPS) is 18.6. The molecule has 3 aromatic carbocycles. The number of nitrogens with zero attached hydrogens (tertiary/aromatic N) is 2. The number of piperazine rings is 1. The maximum Gasteiger partial charge on any atom is 0.253 e. The Kier molecular flexibility index (Phi) is 9.61. The third-order valence-corrected chi connectivity index (χ3v) is 8.34. The number of ether oxygens (including phenoxy) is 1. The largest absolute Gasteiger partial charge is 0.497 e. The van der Waals surface area contributed by atoms with Gasteiger partial charge in [0.25, 0.3) is 11.8 Å². The molecule has 4 N–H and O–H groups in total. The molecule has 9 nitrogen and oxygen atoms in total. The summed E-state index contributed by atoms with van der Waals surface area (Å²) >= 11 is 0. The van der Waals surface area contributed by atoms with Gasteiger partial charge in [-0.05, 0) is 80.6 Å². The van der Waals surface area contributed by atoms with Crippen molar-refractivity contribution in [1.82, 2.24) is 10.2 Å². The van der Waals surface area contributed by atoms with Gasteiger partial charge in [0.15, 0.2) is 0 Å². The molecule has 1 saturated carbocycles. The summed E-state index contributed by atoms with van der Waals surface area (Å²) in [6, 6.07) is 20.8. The Morgan fingerprint density at radius 1 is 0.884 bits per heavy atom. The van der Waals surface area contributed by atoms with Gasteiger partial charge in [0.05, 0.1) is 24.9 Å². The van der Waals surface area contributed by atoms with Gasteiger partial charge >= 0.3 is 0 Å². The fourth-order valence-electron chi connectivity index (χ4n) is 5.82. The average Bonchev–Trinajstić information content (AvgIpc) is 3.02. The number of benzene rings is 3. The lowest BCUT2D eigenvalue weighted by Gasteiger charge is -2.37. The maximum absolute atomic E-state index is 13.2. The molecule has 2 aliphatic rings. The van der Waals surface area contributed by atoms with E-state index in [0.717, 1.165) is 48.2 Å². The number of hydrogen-bond acceptors (Lipinski definition) is 6. The number of nitrogens with two attached hydrogens (primary N) is 1. The van der Waals surface area contributed by atoms with Crippen molar-refractivity contribution in [3.8, 4) is 5.75 Å². The van der Waals surface area contributed by atoms with Crippen molar-refractivity contribution < 1.29 is 19.1 Å². The molecule has 0 bridgehead atoms. The summed E-state index contributed by atoms with van der Waals surface area (Å²) in [6.45, 7) is 4.30. The molecule has 0 atom stereocenters. The Labute approximate surface area is 253 Å². The van der Waals surface area contributed by atoms with Crippen LogP contribution in [0.25, 0.3) is 0 Å². The summed E-state index contributed by atoms with van der Waals surface area (Å²) < 4.78 is 5.23. The minimum atomic E-state index is -0.182. The molecule has 5 rings (SSSR count). The van der Waals surface area contributed by atoms with E-state index in [1.165, 1.54) is 0 Å². The second kappa shape index (κ2) is 13.7. The molecule has 226 valence electrons. The zero-order valence-corrected chi connectivity index (χ0v) is 25.0. The first-order valence-corrected chi connectivity index (χ1v) is 15.0. The predicted octanol–water partition coefficient (Wildman–Crippen LogP) is 4.15. The minimum absolute atomic E-state index is 0.0204. The topological polar surface area (TPSA) is 117 Å². The van der Waals surface area contributed by atoms with Crippen LogP contribution in [0.1, 0.15) is 57.5 Å². The van der Waals surface area contributed by atoms with Crippen LogP contribution >= 0.6 is 0 Å². The molecule has 9 heteroatoms. The first kappa shape index (κ1) is 30.1. The smallest absolute Gasteiger partial charge is 0.253 e. The molecule has 3 amide bonds. The highest BCUT2D eigenvalue weighted by molar-refractivity contribution is 6.00. The van der Waals surface area contributed by atoms with Crippen molar-refractivity contribution in [2.45, 2.75) is 51.1 Å². The van der Waals surface area contributed by atoms with Crippen molar-refractivity contribution in [2.75, 3.05) is 43.5 Å². The summed E-state index contributed by atoms with van der Waals surface area (Å²) in [5.41, 5.74) is 10.5. The SMILES string of the molecule is COc1ccc(CC(=O)Nc2cc(C(=O)NC3CCC(N)CC3)ccc2N2CCN(C(=O)c3cccc(C)c3)CC2)cc1. The molecule has 0 spiro atoms. The number of methoxy groups -OCH3 is 1. The lowest BCUT2D eigenvalue weighted by molar-refractivity contribution is -0.115. The van der Waals surface area contributed by atoms with Crippen LogP contribution in [0.4, 0.5) is 11.4 Å². The lowest BCUT2D eigenvalue weighted by atomic mass is 9.91. The molecule has 1 aliphatic heterocycles. The standard InChI is InChI=1S/C34H41N5O4/c1-23-4-3-5-26(20-23)34(42)39-18-16-38(17-19-39)31-15-8-25(33(41)36-28-11-9-27(35)10-12-28)22-30(31)37-32(40)21-24-6-13-29(43-2)14-7-24/h3-8,13-15,20,22,27-28H,9-12,16-19,21,35H2,1-2H3,(H,36,41)(H,37,40). The Bertz CT molecular complexity index is 1440. The van der Waals surface area contributed by atoms with Crippen LogP contribution < -0.4 is 26.0 Å². The number of amides is 3. The highest BCUT2D eigenvalue weighted by Gasteiger charge is 2.26. The zero-order chi connectivity index (χ0) is 30.3. The Balaban J connectivity index is 1.31. The van der Waals surface area contributed by atoms with Crippen LogP contribution in [0.3, 0.4) is 0 Å². The Morgan fingerprint density at radius 3 is 2.28 bits per heavy atom. The quantitative estimate of drug-likeness (QED) is 0.367. The van der Waals surface area contributed by atoms with E-state index in [-0.39, 0.29) is 36.2 Å². The van der Waals surface area contributed by atoms with E-state index in [4.69, 9.17) is 10.5 Å². The van der Waals surface area contributed by atoms with E-state index in [1.807, 2.05) is 72.5 Å². The van der Waals surface area contributed by atoms with E-state index in [1.54, 1.807) is 13.2 Å². The molecule has 0 aromatic heterocycles. The predicted molar refractivity (Wildman–Crippen MR) is 169 cm³/mol. The Hall–Kier alpha value is -4.37. The first-order valence-electron chi connectivity index (χ1n) is 15.0. The monoisotopic (exact) mass is 583 g/mol. The van der Waals surface area contributed by atoms with Crippen LogP contribution in [-0.4, -0.2) is 68.0 Å². The number of anilines is 2. The van der Waals surface area contributed by atoms with Crippen LogP contribution in [0.2, 0.25) is 0 Å². The van der Waals surface area contributed by atoms with E-state index < -0.39 is 0 Å². The highest BCUT2D eigenvalue weighted by Crippen LogP contribution is 2.29. The molecular formula is C34H41N5O4. The van der Waals surface area contributed by atoms with Gasteiger partial charge in [-0.1, -0.05) is 29.8 Å². The summed E-state index contributed by atoms with van der Waals surface area (Å²) in [6.07, 6.45) is 3.70. The van der Waals surface area contributed by atoms with Gasteiger partial charge in [-0.2, -0.15) is 0 Å². The van der Waals surface area contributed by atoms with Crippen molar-refractivity contribution in [3.05, 3.63) is 89.0 Å². The van der Waals surface area contributed by atoms with Gasteiger partial charge < -0.3 is 30.9 Å². The number of aryl methyl sites for hydroxylation is 1. The first-order chi connectivity index (χ1) is 20.8. The average molecular weight is 584 g/mol. The molecule has 43 heavy (non-hydrogen) atoms. The van der Waals surface area contributed by atoms with Crippen LogP contribution in [-0.2, 0) is 11.2 Å². The van der Waals surface area contributed by atoms with Crippen LogP contribution in [0.5, 0.6) is 5.75 Å². The third kappa shape index (κ3) is 7.73. The minimum Gasteiger partial charge on any atom is -0.497 e. The molecule has 0 unspecified atom stereocenters. The van der Waals surface area contributed by atoms with E-state index in [2.05, 4.69) is 15.5 Å². The Morgan fingerprint density at radius 2 is 1.60 bits per heavy atom. The van der Waals surface area contributed by atoms with Gasteiger partial charge in [0.2, 0.25) is 5.91 Å². The second-order valence-corrected chi connectivity index (χ2v) is 11.5. The van der Waals surface area contributed by atoms with Crippen molar-refractivity contribution in [2.24, 2.45) is 5.73 Å². The fraction of sp³-hybridized carbons (Fsp3) is 0.382. The summed E-state index contributed by atoms with van der Waals surface area (Å²) in [4.78, 5) is 43.6. The van der Waals surface area contributed by atoms with E-state index in [0.29, 0.717) is 43.0 Å².